The highest BCUT2D eigenvalue weighted by atomic mass is 32.1. The Kier molecular flexibility index (Phi) is 6.06. The average molecular weight is 494 g/mol. The van der Waals surface area contributed by atoms with E-state index in [9.17, 15) is 4.79 Å². The van der Waals surface area contributed by atoms with Crippen molar-refractivity contribution in [2.45, 2.75) is 0 Å². The average Bonchev–Trinajstić information content (AvgIpc) is 3.38. The molecule has 0 spiro atoms. The first-order chi connectivity index (χ1) is 17.7. The molecule has 6 rings (SSSR count). The van der Waals surface area contributed by atoms with Gasteiger partial charge in [-0.1, -0.05) is 42.5 Å². The fourth-order valence-electron chi connectivity index (χ4n) is 4.18. The maximum atomic E-state index is 13.5. The topological polar surface area (TPSA) is 95.9 Å². The van der Waals surface area contributed by atoms with E-state index in [0.29, 0.717) is 17.2 Å². The van der Waals surface area contributed by atoms with Crippen LogP contribution < -0.4 is 15.5 Å². The number of carbonyl (C=O) groups excluding carboxylic acids is 1. The van der Waals surface area contributed by atoms with Gasteiger partial charge in [0, 0.05) is 55.8 Å². The molecule has 0 radical (unpaired) electrons. The SMILES string of the molecule is O=C(Nc1ccccc1-c1nc2ccncc2s1)c1cc(N2CCNCC2)nc(-c2ccccc2)n1. The van der Waals surface area contributed by atoms with E-state index in [4.69, 9.17) is 9.97 Å². The van der Waals surface area contributed by atoms with Crippen molar-refractivity contribution in [2.75, 3.05) is 36.4 Å². The molecule has 5 aromatic rings. The number of anilines is 2. The van der Waals surface area contributed by atoms with Gasteiger partial charge < -0.3 is 15.5 Å². The van der Waals surface area contributed by atoms with E-state index in [1.165, 1.54) is 0 Å². The van der Waals surface area contributed by atoms with Crippen LogP contribution in [-0.2, 0) is 0 Å². The van der Waals surface area contributed by atoms with Crippen molar-refractivity contribution in [1.29, 1.82) is 0 Å². The van der Waals surface area contributed by atoms with E-state index >= 15 is 0 Å². The lowest BCUT2D eigenvalue weighted by Crippen LogP contribution is -2.44. The predicted octanol–water partition coefficient (Wildman–Crippen LogP) is 4.48. The normalized spacial score (nSPS) is 13.6. The molecular weight excluding hydrogens is 470 g/mol. The van der Waals surface area contributed by atoms with E-state index in [0.717, 1.165) is 58.3 Å². The summed E-state index contributed by atoms with van der Waals surface area (Å²) >= 11 is 1.55. The van der Waals surface area contributed by atoms with Crippen LogP contribution in [0.1, 0.15) is 10.5 Å². The number of thiazole rings is 1. The third kappa shape index (κ3) is 4.53. The van der Waals surface area contributed by atoms with Gasteiger partial charge >= 0.3 is 0 Å². The molecule has 1 saturated heterocycles. The molecule has 0 aliphatic carbocycles. The van der Waals surface area contributed by atoms with E-state index in [1.54, 1.807) is 29.8 Å². The number of nitrogens with zero attached hydrogens (tertiary/aromatic N) is 5. The molecule has 36 heavy (non-hydrogen) atoms. The van der Waals surface area contributed by atoms with Crippen LogP contribution in [0.3, 0.4) is 0 Å². The van der Waals surface area contributed by atoms with Gasteiger partial charge in [0.15, 0.2) is 5.82 Å². The van der Waals surface area contributed by atoms with E-state index in [2.05, 4.69) is 25.5 Å². The summed E-state index contributed by atoms with van der Waals surface area (Å²) in [7, 11) is 0. The van der Waals surface area contributed by atoms with E-state index in [1.807, 2.05) is 60.7 Å². The molecule has 4 heterocycles. The zero-order chi connectivity index (χ0) is 24.3. The van der Waals surface area contributed by atoms with Crippen LogP contribution in [0.25, 0.3) is 32.2 Å². The highest BCUT2D eigenvalue weighted by molar-refractivity contribution is 7.21. The molecule has 1 fully saturated rings. The van der Waals surface area contributed by atoms with Crippen LogP contribution in [0.15, 0.2) is 79.1 Å². The largest absolute Gasteiger partial charge is 0.354 e. The Balaban J connectivity index is 1.36. The van der Waals surface area contributed by atoms with Crippen LogP contribution >= 0.6 is 11.3 Å². The van der Waals surface area contributed by atoms with Gasteiger partial charge in [0.2, 0.25) is 0 Å². The minimum atomic E-state index is -0.291. The molecule has 1 aliphatic rings. The molecule has 178 valence electrons. The summed E-state index contributed by atoms with van der Waals surface area (Å²) in [5, 5.41) is 7.25. The predicted molar refractivity (Wildman–Crippen MR) is 143 cm³/mol. The molecule has 0 saturated carbocycles. The summed E-state index contributed by atoms with van der Waals surface area (Å²) in [4.78, 5) is 34.1. The molecule has 9 heteroatoms. The summed E-state index contributed by atoms with van der Waals surface area (Å²) in [5.74, 6) is 0.993. The second-order valence-electron chi connectivity index (χ2n) is 8.40. The smallest absolute Gasteiger partial charge is 0.274 e. The maximum absolute atomic E-state index is 13.5. The Labute approximate surface area is 212 Å². The van der Waals surface area contributed by atoms with Crippen molar-refractivity contribution in [3.8, 4) is 22.0 Å². The Bertz CT molecular complexity index is 1500. The highest BCUT2D eigenvalue weighted by Gasteiger charge is 2.20. The number of amides is 1. The van der Waals surface area contributed by atoms with Crippen LogP contribution in [0, 0.1) is 0 Å². The molecule has 0 atom stereocenters. The van der Waals surface area contributed by atoms with Gasteiger partial charge in [-0.25, -0.2) is 15.0 Å². The summed E-state index contributed by atoms with van der Waals surface area (Å²) < 4.78 is 0.998. The van der Waals surface area contributed by atoms with Crippen LogP contribution in [0.5, 0.6) is 0 Å². The van der Waals surface area contributed by atoms with Gasteiger partial charge in [-0.15, -0.1) is 11.3 Å². The second kappa shape index (κ2) is 9.80. The minimum absolute atomic E-state index is 0.291. The van der Waals surface area contributed by atoms with Crippen molar-refractivity contribution in [3.05, 3.63) is 84.8 Å². The number of benzene rings is 2. The zero-order valence-corrected chi connectivity index (χ0v) is 20.2. The van der Waals surface area contributed by atoms with Crippen LogP contribution in [-0.4, -0.2) is 52.0 Å². The minimum Gasteiger partial charge on any atom is -0.354 e. The summed E-state index contributed by atoms with van der Waals surface area (Å²) in [6, 6.07) is 21.1. The van der Waals surface area contributed by atoms with E-state index in [-0.39, 0.29) is 5.91 Å². The van der Waals surface area contributed by atoms with Crippen LogP contribution in [0.4, 0.5) is 11.5 Å². The van der Waals surface area contributed by atoms with Crippen molar-refractivity contribution in [3.63, 3.8) is 0 Å². The molecule has 3 aromatic heterocycles. The number of rotatable bonds is 5. The summed E-state index contributed by atoms with van der Waals surface area (Å²) in [5.41, 5.74) is 3.60. The first kappa shape index (κ1) is 22.3. The van der Waals surface area contributed by atoms with Crippen LogP contribution in [0.2, 0.25) is 0 Å². The summed E-state index contributed by atoms with van der Waals surface area (Å²) in [6.07, 6.45) is 3.54. The third-order valence-electron chi connectivity index (χ3n) is 6.02. The Morgan fingerprint density at radius 1 is 0.944 bits per heavy atom. The Morgan fingerprint density at radius 3 is 2.58 bits per heavy atom. The van der Waals surface area contributed by atoms with E-state index < -0.39 is 0 Å². The van der Waals surface area contributed by atoms with Gasteiger partial charge in [0.1, 0.15) is 16.5 Å². The van der Waals surface area contributed by atoms with Crippen molar-refractivity contribution >= 4 is 39.0 Å². The van der Waals surface area contributed by atoms with Gasteiger partial charge in [-0.2, -0.15) is 0 Å². The second-order valence-corrected chi connectivity index (χ2v) is 9.43. The van der Waals surface area contributed by atoms with Crippen molar-refractivity contribution in [2.24, 2.45) is 0 Å². The molecule has 0 bridgehead atoms. The molecule has 1 amide bonds. The Hall–Kier alpha value is -4.21. The first-order valence-corrected chi connectivity index (χ1v) is 12.6. The van der Waals surface area contributed by atoms with Crippen molar-refractivity contribution < 1.29 is 4.79 Å². The number of hydrogen-bond acceptors (Lipinski definition) is 8. The molecule has 2 N–H and O–H groups in total. The molecule has 2 aromatic carbocycles. The maximum Gasteiger partial charge on any atom is 0.274 e. The quantitative estimate of drug-likeness (QED) is 0.373. The number of pyridine rings is 1. The lowest BCUT2D eigenvalue weighted by Gasteiger charge is -2.28. The van der Waals surface area contributed by atoms with Crippen molar-refractivity contribution in [1.82, 2.24) is 25.3 Å². The van der Waals surface area contributed by atoms with Gasteiger partial charge in [0.05, 0.1) is 15.9 Å². The highest BCUT2D eigenvalue weighted by Crippen LogP contribution is 2.34. The number of para-hydroxylation sites is 1. The fourth-order valence-corrected chi connectivity index (χ4v) is 5.16. The first-order valence-electron chi connectivity index (χ1n) is 11.8. The molecule has 1 aliphatic heterocycles. The Morgan fingerprint density at radius 2 is 1.75 bits per heavy atom. The molecule has 0 unspecified atom stereocenters. The number of carbonyl (C=O) groups is 1. The lowest BCUT2D eigenvalue weighted by molar-refractivity contribution is 0.102. The molecular formula is C27H23N7OS. The van der Waals surface area contributed by atoms with Gasteiger partial charge in [-0.3, -0.25) is 9.78 Å². The number of aromatic nitrogens is 4. The number of piperazine rings is 1. The lowest BCUT2D eigenvalue weighted by atomic mass is 10.1. The zero-order valence-electron chi connectivity index (χ0n) is 19.4. The van der Waals surface area contributed by atoms with Gasteiger partial charge in [-0.05, 0) is 18.2 Å². The number of fused-ring (bicyclic) bond motifs is 1. The number of nitrogens with one attached hydrogen (secondary N) is 2. The standard InChI is InChI=1S/C27H23N7OS/c35-26(31-20-9-5-4-8-19(20)27-32-21-10-11-29-17-23(21)36-27)22-16-24(34-14-12-28-13-15-34)33-25(30-22)18-6-2-1-3-7-18/h1-11,16-17,28H,12-15H2,(H,31,35). The summed E-state index contributed by atoms with van der Waals surface area (Å²) in [6.45, 7) is 3.39. The molecule has 8 nitrogen and oxygen atoms in total. The van der Waals surface area contributed by atoms with Gasteiger partial charge in [0.25, 0.3) is 5.91 Å². The third-order valence-corrected chi connectivity index (χ3v) is 7.05. The fraction of sp³-hybridized carbons (Fsp3) is 0.148. The monoisotopic (exact) mass is 493 g/mol. The number of hydrogen-bond donors (Lipinski definition) is 2.